The van der Waals surface area contributed by atoms with E-state index in [1.165, 1.54) is 24.3 Å². The number of anilines is 6. The van der Waals surface area contributed by atoms with E-state index in [1.807, 2.05) is 131 Å². The lowest BCUT2D eigenvalue weighted by Gasteiger charge is -2.30. The molecule has 0 aromatic heterocycles. The maximum Gasteiger partial charge on any atom is 0.416 e. The quantitative estimate of drug-likeness (QED) is 0.154. The smallest absolute Gasteiger partial charge is 0.310 e. The molecule has 0 aliphatic heterocycles. The summed E-state index contributed by atoms with van der Waals surface area (Å²) in [5, 5.41) is 5.68. The highest BCUT2D eigenvalue weighted by atomic mass is 19.4. The predicted molar refractivity (Wildman–Crippen MR) is 236 cm³/mol. The van der Waals surface area contributed by atoms with Crippen molar-refractivity contribution in [3.8, 4) is 11.1 Å². The van der Waals surface area contributed by atoms with Gasteiger partial charge in [0.05, 0.1) is 16.8 Å². The van der Waals surface area contributed by atoms with E-state index in [-0.39, 0.29) is 0 Å². The average molecular weight is 815 g/mol. The summed E-state index contributed by atoms with van der Waals surface area (Å²) >= 11 is 0. The van der Waals surface area contributed by atoms with Crippen LogP contribution in [0.1, 0.15) is 36.1 Å². The van der Waals surface area contributed by atoms with Crippen LogP contribution in [0.2, 0.25) is 0 Å². The molecule has 0 amide bonds. The molecule has 0 N–H and O–H groups in total. The van der Waals surface area contributed by atoms with Crippen molar-refractivity contribution in [2.24, 2.45) is 0 Å². The molecule has 9 aromatic carbocycles. The fourth-order valence-corrected chi connectivity index (χ4v) is 9.02. The molecule has 0 atom stereocenters. The number of alkyl halides is 6. The van der Waals surface area contributed by atoms with Crippen molar-refractivity contribution in [2.75, 3.05) is 9.80 Å². The van der Waals surface area contributed by atoms with E-state index in [1.54, 1.807) is 12.1 Å². The second-order valence-electron chi connectivity index (χ2n) is 16.0. The Balaban J connectivity index is 1.18. The van der Waals surface area contributed by atoms with Gasteiger partial charge in [-0.1, -0.05) is 117 Å². The Morgan fingerprint density at radius 3 is 1.41 bits per heavy atom. The van der Waals surface area contributed by atoms with Gasteiger partial charge >= 0.3 is 12.4 Å². The number of rotatable bonds is 6. The van der Waals surface area contributed by atoms with Crippen molar-refractivity contribution in [2.45, 2.75) is 31.6 Å². The molecule has 0 spiro atoms. The fraction of sp³-hybridized carbons (Fsp3) is 0.0943. The van der Waals surface area contributed by atoms with Gasteiger partial charge in [-0.25, -0.2) is 0 Å². The Hall–Kier alpha value is -7.06. The summed E-state index contributed by atoms with van der Waals surface area (Å²) in [4.78, 5) is 3.77. The summed E-state index contributed by atoms with van der Waals surface area (Å²) in [5.74, 6) is 0. The molecule has 10 rings (SSSR count). The van der Waals surface area contributed by atoms with Crippen LogP contribution >= 0.6 is 0 Å². The zero-order valence-corrected chi connectivity index (χ0v) is 33.0. The molecule has 1 aliphatic rings. The molecule has 0 fully saturated rings. The van der Waals surface area contributed by atoms with Crippen molar-refractivity contribution in [1.82, 2.24) is 0 Å². The molecule has 0 saturated carbocycles. The predicted octanol–water partition coefficient (Wildman–Crippen LogP) is 16.4. The van der Waals surface area contributed by atoms with Gasteiger partial charge in [-0.3, -0.25) is 0 Å². The number of nitrogens with zero attached hydrogens (tertiary/aromatic N) is 2. The van der Waals surface area contributed by atoms with Crippen molar-refractivity contribution in [3.63, 3.8) is 0 Å². The second kappa shape index (κ2) is 14.0. The second-order valence-corrected chi connectivity index (χ2v) is 16.0. The van der Waals surface area contributed by atoms with Crippen molar-refractivity contribution in [1.29, 1.82) is 0 Å². The van der Waals surface area contributed by atoms with E-state index in [4.69, 9.17) is 0 Å². The van der Waals surface area contributed by atoms with Gasteiger partial charge in [-0.05, 0) is 128 Å². The van der Waals surface area contributed by atoms with Crippen LogP contribution in [0.3, 0.4) is 0 Å². The molecule has 300 valence electrons. The minimum atomic E-state index is -4.55. The summed E-state index contributed by atoms with van der Waals surface area (Å²) < 4.78 is 85.5. The first-order valence-corrected chi connectivity index (χ1v) is 19.9. The first kappa shape index (κ1) is 38.2. The molecule has 9 aromatic rings. The molecule has 0 unspecified atom stereocenters. The van der Waals surface area contributed by atoms with Gasteiger partial charge in [0.25, 0.3) is 0 Å². The molecule has 8 heteroatoms. The molecule has 0 bridgehead atoms. The minimum Gasteiger partial charge on any atom is -0.310 e. The number of hydrogen-bond donors (Lipinski definition) is 0. The monoisotopic (exact) mass is 814 g/mol. The van der Waals surface area contributed by atoms with Crippen LogP contribution in [-0.4, -0.2) is 0 Å². The average Bonchev–Trinajstić information content (AvgIpc) is 3.48. The lowest BCUT2D eigenvalue weighted by Crippen LogP contribution is -2.18. The Kier molecular flexibility index (Phi) is 8.77. The lowest BCUT2D eigenvalue weighted by molar-refractivity contribution is -0.138. The molecule has 1 aliphatic carbocycles. The third kappa shape index (κ3) is 6.54. The van der Waals surface area contributed by atoms with Crippen LogP contribution in [0, 0.1) is 0 Å². The van der Waals surface area contributed by atoms with E-state index in [9.17, 15) is 26.3 Å². The topological polar surface area (TPSA) is 6.48 Å². The van der Waals surface area contributed by atoms with E-state index in [0.717, 1.165) is 66.7 Å². The molecule has 0 saturated heterocycles. The zero-order valence-electron chi connectivity index (χ0n) is 33.0. The van der Waals surface area contributed by atoms with Crippen LogP contribution in [-0.2, 0) is 17.8 Å². The van der Waals surface area contributed by atoms with Gasteiger partial charge in [0.2, 0.25) is 0 Å². The Morgan fingerprint density at radius 2 is 0.836 bits per heavy atom. The van der Waals surface area contributed by atoms with Gasteiger partial charge in [0.1, 0.15) is 0 Å². The number of benzene rings is 9. The number of fused-ring (bicyclic) bond motifs is 7. The minimum absolute atomic E-state index is 0.359. The number of hydrogen-bond acceptors (Lipinski definition) is 2. The van der Waals surface area contributed by atoms with Crippen LogP contribution in [0.15, 0.2) is 182 Å². The lowest BCUT2D eigenvalue weighted by atomic mass is 9.81. The summed E-state index contributed by atoms with van der Waals surface area (Å²) in [6.07, 6.45) is -9.10. The molecule has 0 radical (unpaired) electrons. The normalized spacial score (nSPS) is 13.4. The van der Waals surface area contributed by atoms with E-state index < -0.39 is 28.9 Å². The largest absolute Gasteiger partial charge is 0.416 e. The third-order valence-corrected chi connectivity index (χ3v) is 12.0. The first-order chi connectivity index (χ1) is 29.3. The zero-order chi connectivity index (χ0) is 42.3. The summed E-state index contributed by atoms with van der Waals surface area (Å²) in [6, 6.07) is 54.4. The van der Waals surface area contributed by atoms with Crippen LogP contribution in [0.5, 0.6) is 0 Å². The highest BCUT2D eigenvalue weighted by Gasteiger charge is 2.39. The van der Waals surface area contributed by atoms with Crippen molar-refractivity contribution >= 4 is 66.4 Å². The molecule has 2 nitrogen and oxygen atoms in total. The van der Waals surface area contributed by atoms with Gasteiger partial charge in [-0.15, -0.1) is 0 Å². The highest BCUT2D eigenvalue weighted by molar-refractivity contribution is 6.10. The fourth-order valence-electron chi connectivity index (χ4n) is 9.02. The SMILES string of the molecule is CC1(C)c2cc(N(c3cccc(C(F)(F)F)c3)c3ccc4ccccc4c3)ccc2-c2c1cc(N(c1cccc(C(F)(F)F)c1)c1ccc3ccccc3c1)c1ccccc21. The summed E-state index contributed by atoms with van der Waals surface area (Å²) in [5.41, 5.74) is 5.29. The van der Waals surface area contributed by atoms with Gasteiger partial charge in [0, 0.05) is 39.2 Å². The Labute approximate surface area is 348 Å². The molecule has 0 heterocycles. The van der Waals surface area contributed by atoms with E-state index >= 15 is 0 Å². The van der Waals surface area contributed by atoms with Gasteiger partial charge in [0.15, 0.2) is 0 Å². The van der Waals surface area contributed by atoms with Crippen LogP contribution in [0.25, 0.3) is 43.4 Å². The van der Waals surface area contributed by atoms with Crippen LogP contribution < -0.4 is 9.80 Å². The molecule has 61 heavy (non-hydrogen) atoms. The van der Waals surface area contributed by atoms with Crippen LogP contribution in [0.4, 0.5) is 60.5 Å². The standard InChI is InChI=1S/C53H36F6N2/c1-51(2)47-31-43(60(39-17-9-15-37(29-39)52(54,55)56)41-23-21-33-11-3-5-13-35(33)27-41)25-26-46(47)50-45-20-8-7-19-44(45)49(32-48(50)51)61(40-18-10-16-38(30-40)53(57,58)59)42-24-22-34-12-4-6-14-36(34)28-42/h3-32H,1-2H3. The molecular weight excluding hydrogens is 779 g/mol. The maximum atomic E-state index is 14.3. The van der Waals surface area contributed by atoms with Crippen molar-refractivity contribution in [3.05, 3.63) is 204 Å². The third-order valence-electron chi connectivity index (χ3n) is 12.0. The van der Waals surface area contributed by atoms with Gasteiger partial charge < -0.3 is 9.80 Å². The van der Waals surface area contributed by atoms with Gasteiger partial charge in [-0.2, -0.15) is 26.3 Å². The first-order valence-electron chi connectivity index (χ1n) is 19.9. The van der Waals surface area contributed by atoms with E-state index in [2.05, 4.69) is 26.0 Å². The maximum absolute atomic E-state index is 14.3. The number of halogens is 6. The highest BCUT2D eigenvalue weighted by Crippen LogP contribution is 2.56. The van der Waals surface area contributed by atoms with E-state index in [0.29, 0.717) is 34.1 Å². The summed E-state index contributed by atoms with van der Waals surface area (Å²) in [6.45, 7) is 4.24. The van der Waals surface area contributed by atoms with Crippen molar-refractivity contribution < 1.29 is 26.3 Å². The summed E-state index contributed by atoms with van der Waals surface area (Å²) in [7, 11) is 0. The Bertz CT molecular complexity index is 3180. The Morgan fingerprint density at radius 1 is 0.377 bits per heavy atom. The molecular formula is C53H36F6N2.